The Hall–Kier alpha value is -2.10. The number of hydrogen-bond donors (Lipinski definition) is 1. The lowest BCUT2D eigenvalue weighted by Gasteiger charge is -2.01. The molecule has 0 aliphatic rings. The topological polar surface area (TPSA) is 46.2 Å². The number of carbonyl (C=O) groups is 1. The van der Waals surface area contributed by atoms with Crippen molar-refractivity contribution in [2.45, 2.75) is 6.92 Å². The van der Waals surface area contributed by atoms with Crippen LogP contribution in [0, 0.1) is 0 Å². The maximum absolute atomic E-state index is 12.4. The molecule has 0 aliphatic carbocycles. The Kier molecular flexibility index (Phi) is 5.97. The lowest BCUT2D eigenvalue weighted by atomic mass is 10.1. The standard InChI is InChI=1S/C18H15Cl2NO2/c1-2-21-16-9-4-3-6-13(18(16)23)17(22)11-10-12-14(19)7-5-8-15(12)20/h3-11H,2H2,1H3,(H,21,23)/b11-10-. The van der Waals surface area contributed by atoms with Gasteiger partial charge in [0.15, 0.2) is 5.78 Å². The molecule has 118 valence electrons. The molecule has 0 saturated carbocycles. The number of benzene rings is 1. The monoisotopic (exact) mass is 347 g/mol. The van der Waals surface area contributed by atoms with E-state index < -0.39 is 5.78 Å². The summed E-state index contributed by atoms with van der Waals surface area (Å²) in [5.41, 5.74) is 0.691. The first-order chi connectivity index (χ1) is 11.0. The third-order valence-electron chi connectivity index (χ3n) is 3.16. The number of nitrogens with one attached hydrogen (secondary N) is 1. The van der Waals surface area contributed by atoms with Crippen molar-refractivity contribution in [1.29, 1.82) is 0 Å². The Morgan fingerprint density at radius 1 is 1.09 bits per heavy atom. The van der Waals surface area contributed by atoms with Gasteiger partial charge < -0.3 is 5.32 Å². The Morgan fingerprint density at radius 3 is 2.39 bits per heavy atom. The zero-order valence-corrected chi connectivity index (χ0v) is 14.0. The molecule has 0 amide bonds. The second kappa shape index (κ2) is 7.95. The van der Waals surface area contributed by atoms with Gasteiger partial charge in [-0.2, -0.15) is 0 Å². The van der Waals surface area contributed by atoms with Crippen molar-refractivity contribution >= 4 is 40.7 Å². The van der Waals surface area contributed by atoms with Crippen LogP contribution in [-0.4, -0.2) is 12.3 Å². The third-order valence-corrected chi connectivity index (χ3v) is 3.82. The van der Waals surface area contributed by atoms with Crippen LogP contribution in [0.1, 0.15) is 22.8 Å². The van der Waals surface area contributed by atoms with Crippen molar-refractivity contribution in [3.05, 3.63) is 79.9 Å². The molecule has 1 N–H and O–H groups in total. The summed E-state index contributed by atoms with van der Waals surface area (Å²) in [5.74, 6) is -0.402. The van der Waals surface area contributed by atoms with Crippen molar-refractivity contribution < 1.29 is 4.79 Å². The summed E-state index contributed by atoms with van der Waals surface area (Å²) in [5, 5.41) is 3.83. The molecule has 2 aromatic carbocycles. The number of carbonyl (C=O) groups excluding carboxylic acids is 1. The van der Waals surface area contributed by atoms with E-state index in [-0.39, 0.29) is 11.0 Å². The van der Waals surface area contributed by atoms with Crippen molar-refractivity contribution in [3.63, 3.8) is 0 Å². The summed E-state index contributed by atoms with van der Waals surface area (Å²) >= 11 is 12.1. The highest BCUT2D eigenvalue weighted by atomic mass is 35.5. The highest BCUT2D eigenvalue weighted by Gasteiger charge is 2.09. The molecule has 3 nitrogen and oxygen atoms in total. The van der Waals surface area contributed by atoms with Crippen LogP contribution in [0.25, 0.3) is 6.08 Å². The molecule has 0 aromatic heterocycles. The number of allylic oxidation sites excluding steroid dienone is 1. The van der Waals surface area contributed by atoms with E-state index in [0.717, 1.165) is 0 Å². The molecule has 0 heterocycles. The van der Waals surface area contributed by atoms with Gasteiger partial charge in [-0.1, -0.05) is 41.4 Å². The fourth-order valence-corrected chi connectivity index (χ4v) is 2.57. The molecule has 0 radical (unpaired) electrons. The fourth-order valence-electron chi connectivity index (χ4n) is 2.04. The van der Waals surface area contributed by atoms with Crippen LogP contribution in [0.2, 0.25) is 10.0 Å². The van der Waals surface area contributed by atoms with Crippen molar-refractivity contribution in [3.8, 4) is 0 Å². The number of hydrogen-bond acceptors (Lipinski definition) is 3. The van der Waals surface area contributed by atoms with Crippen molar-refractivity contribution in [1.82, 2.24) is 0 Å². The molecule has 0 fully saturated rings. The van der Waals surface area contributed by atoms with Gasteiger partial charge in [0.2, 0.25) is 5.43 Å². The van der Waals surface area contributed by atoms with Crippen LogP contribution < -0.4 is 10.7 Å². The molecule has 2 rings (SSSR count). The van der Waals surface area contributed by atoms with Gasteiger partial charge in [0.25, 0.3) is 0 Å². The normalized spacial score (nSPS) is 10.7. The summed E-state index contributed by atoms with van der Waals surface area (Å²) in [6.45, 7) is 2.48. The zero-order chi connectivity index (χ0) is 16.8. The van der Waals surface area contributed by atoms with E-state index in [1.165, 1.54) is 18.2 Å². The van der Waals surface area contributed by atoms with Crippen LogP contribution in [0.3, 0.4) is 0 Å². The average molecular weight is 348 g/mol. The molecule has 0 aliphatic heterocycles. The van der Waals surface area contributed by atoms with Crippen LogP contribution in [-0.2, 0) is 0 Å². The highest BCUT2D eigenvalue weighted by Crippen LogP contribution is 2.25. The van der Waals surface area contributed by atoms with Gasteiger partial charge >= 0.3 is 0 Å². The van der Waals surface area contributed by atoms with Gasteiger partial charge in [-0.25, -0.2) is 0 Å². The van der Waals surface area contributed by atoms with E-state index in [4.69, 9.17) is 23.2 Å². The predicted octanol–water partition coefficient (Wildman–Crippen LogP) is 4.68. The first kappa shape index (κ1) is 17.3. The van der Waals surface area contributed by atoms with E-state index in [9.17, 15) is 9.59 Å². The van der Waals surface area contributed by atoms with E-state index in [1.54, 1.807) is 36.4 Å². The quantitative estimate of drug-likeness (QED) is 0.630. The SMILES string of the molecule is CCNc1ccccc(C(=O)/C=C\c2c(Cl)cccc2Cl)c1=O. The third kappa shape index (κ3) is 4.21. The van der Waals surface area contributed by atoms with Gasteiger partial charge in [-0.05, 0) is 43.3 Å². The first-order valence-electron chi connectivity index (χ1n) is 7.08. The van der Waals surface area contributed by atoms with Gasteiger partial charge in [-0.3, -0.25) is 9.59 Å². The zero-order valence-electron chi connectivity index (χ0n) is 12.5. The molecule has 23 heavy (non-hydrogen) atoms. The minimum absolute atomic E-state index is 0.0883. The molecular weight excluding hydrogens is 333 g/mol. The minimum atomic E-state index is -0.402. The molecule has 0 saturated heterocycles. The maximum atomic E-state index is 12.4. The van der Waals surface area contributed by atoms with Crippen LogP contribution in [0.15, 0.2) is 53.3 Å². The van der Waals surface area contributed by atoms with Gasteiger partial charge in [-0.15, -0.1) is 0 Å². The second-order valence-corrected chi connectivity index (χ2v) is 5.55. The van der Waals surface area contributed by atoms with Crippen LogP contribution in [0.4, 0.5) is 5.69 Å². The van der Waals surface area contributed by atoms with Crippen LogP contribution in [0.5, 0.6) is 0 Å². The molecule has 0 atom stereocenters. The molecule has 2 aromatic rings. The summed E-state index contributed by atoms with van der Waals surface area (Å²) in [4.78, 5) is 24.7. The van der Waals surface area contributed by atoms with Crippen molar-refractivity contribution in [2.24, 2.45) is 0 Å². The molecule has 0 unspecified atom stereocenters. The molecule has 5 heteroatoms. The van der Waals surface area contributed by atoms with Crippen LogP contribution >= 0.6 is 23.2 Å². The Bertz CT molecular complexity index is 796. The minimum Gasteiger partial charge on any atom is -0.382 e. The fraction of sp³-hybridized carbons (Fsp3) is 0.111. The maximum Gasteiger partial charge on any atom is 0.212 e. The smallest absolute Gasteiger partial charge is 0.212 e. The predicted molar refractivity (Wildman–Crippen MR) is 96.7 cm³/mol. The van der Waals surface area contributed by atoms with Gasteiger partial charge in [0, 0.05) is 22.2 Å². The number of ketones is 1. The highest BCUT2D eigenvalue weighted by molar-refractivity contribution is 6.37. The van der Waals surface area contributed by atoms with E-state index in [0.29, 0.717) is 27.8 Å². The lowest BCUT2D eigenvalue weighted by molar-refractivity contribution is 0.104. The summed E-state index contributed by atoms with van der Waals surface area (Å²) < 4.78 is 0. The number of rotatable bonds is 5. The van der Waals surface area contributed by atoms with Crippen molar-refractivity contribution in [2.75, 3.05) is 11.9 Å². The van der Waals surface area contributed by atoms with E-state index in [2.05, 4.69) is 5.32 Å². The Morgan fingerprint density at radius 2 is 1.74 bits per heavy atom. The largest absolute Gasteiger partial charge is 0.382 e. The second-order valence-electron chi connectivity index (χ2n) is 4.74. The molecular formula is C18H15Cl2NO2. The van der Waals surface area contributed by atoms with Gasteiger partial charge in [0.05, 0.1) is 11.3 Å². The van der Waals surface area contributed by atoms with Gasteiger partial charge in [0.1, 0.15) is 0 Å². The van der Waals surface area contributed by atoms with E-state index >= 15 is 0 Å². The summed E-state index contributed by atoms with van der Waals surface area (Å²) in [7, 11) is 0. The Labute approximate surface area is 144 Å². The van der Waals surface area contributed by atoms with E-state index in [1.807, 2.05) is 6.92 Å². The summed E-state index contributed by atoms with van der Waals surface area (Å²) in [6.07, 6.45) is 2.83. The molecule has 0 bridgehead atoms. The lowest BCUT2D eigenvalue weighted by Crippen LogP contribution is -2.15. The average Bonchev–Trinajstić information content (AvgIpc) is 2.69. The number of anilines is 1. The first-order valence-corrected chi connectivity index (χ1v) is 7.83. The molecule has 0 spiro atoms. The number of halogens is 2. The Balaban J connectivity index is 2.39. The summed E-state index contributed by atoms with van der Waals surface area (Å²) in [6, 6.07) is 11.6.